The van der Waals surface area contributed by atoms with Crippen LogP contribution in [0, 0.1) is 6.92 Å². The molecule has 0 unspecified atom stereocenters. The molecule has 0 bridgehead atoms. The molecule has 4 rings (SSSR count). The Balaban J connectivity index is 1.40. The van der Waals surface area contributed by atoms with Crippen LogP contribution in [0.5, 0.6) is 0 Å². The fraction of sp³-hybridized carbons (Fsp3) is 0.148. The van der Waals surface area contributed by atoms with Gasteiger partial charge in [0.1, 0.15) is 0 Å². The maximum absolute atomic E-state index is 13.0. The van der Waals surface area contributed by atoms with E-state index in [9.17, 15) is 4.79 Å². The van der Waals surface area contributed by atoms with E-state index in [0.29, 0.717) is 29.4 Å². The molecule has 4 aromatic rings. The SMILES string of the molecule is Cc1ccc(NCc2cccc(N(C)C)c2)cc1C(=O)Nc1cnc(Nc2cccc(N)c2)nc1. The van der Waals surface area contributed by atoms with Crippen molar-refractivity contribution in [1.29, 1.82) is 0 Å². The maximum Gasteiger partial charge on any atom is 0.256 e. The minimum absolute atomic E-state index is 0.221. The highest BCUT2D eigenvalue weighted by atomic mass is 16.1. The Morgan fingerprint density at radius 2 is 1.69 bits per heavy atom. The molecule has 3 aromatic carbocycles. The zero-order valence-electron chi connectivity index (χ0n) is 20.0. The fourth-order valence-corrected chi connectivity index (χ4v) is 3.53. The summed E-state index contributed by atoms with van der Waals surface area (Å²) in [5, 5.41) is 9.37. The molecule has 0 aliphatic carbocycles. The summed E-state index contributed by atoms with van der Waals surface area (Å²) < 4.78 is 0. The Morgan fingerprint density at radius 1 is 0.914 bits per heavy atom. The van der Waals surface area contributed by atoms with E-state index in [4.69, 9.17) is 5.73 Å². The monoisotopic (exact) mass is 467 g/mol. The number of anilines is 6. The Hall–Kier alpha value is -4.59. The summed E-state index contributed by atoms with van der Waals surface area (Å²) in [6.07, 6.45) is 3.13. The van der Waals surface area contributed by atoms with E-state index >= 15 is 0 Å². The quantitative estimate of drug-likeness (QED) is 0.269. The van der Waals surface area contributed by atoms with Gasteiger partial charge in [-0.3, -0.25) is 4.79 Å². The largest absolute Gasteiger partial charge is 0.399 e. The van der Waals surface area contributed by atoms with Crippen LogP contribution in [-0.2, 0) is 6.54 Å². The molecule has 0 fully saturated rings. The van der Waals surface area contributed by atoms with Gasteiger partial charge in [0, 0.05) is 49.0 Å². The van der Waals surface area contributed by atoms with Crippen LogP contribution >= 0.6 is 0 Å². The second kappa shape index (κ2) is 10.6. The topological polar surface area (TPSA) is 108 Å². The Kier molecular flexibility index (Phi) is 7.11. The lowest BCUT2D eigenvalue weighted by Crippen LogP contribution is -2.14. The molecule has 0 radical (unpaired) electrons. The lowest BCUT2D eigenvalue weighted by molar-refractivity contribution is 0.102. The molecular weight excluding hydrogens is 438 g/mol. The van der Waals surface area contributed by atoms with Crippen molar-refractivity contribution >= 4 is 40.3 Å². The molecule has 0 saturated heterocycles. The lowest BCUT2D eigenvalue weighted by atomic mass is 10.1. The summed E-state index contributed by atoms with van der Waals surface area (Å²) in [5.74, 6) is 0.190. The molecule has 1 aromatic heterocycles. The van der Waals surface area contributed by atoms with E-state index in [1.54, 1.807) is 24.5 Å². The van der Waals surface area contributed by atoms with Crippen molar-refractivity contribution in [2.75, 3.05) is 40.7 Å². The van der Waals surface area contributed by atoms with Gasteiger partial charge in [-0.25, -0.2) is 9.97 Å². The predicted molar refractivity (Wildman–Crippen MR) is 143 cm³/mol. The van der Waals surface area contributed by atoms with Crippen LogP contribution < -0.4 is 26.6 Å². The number of carbonyl (C=O) groups is 1. The predicted octanol–water partition coefficient (Wildman–Crippen LogP) is 5.04. The molecule has 0 aliphatic rings. The third-order valence-corrected chi connectivity index (χ3v) is 5.46. The minimum Gasteiger partial charge on any atom is -0.399 e. The van der Waals surface area contributed by atoms with Crippen LogP contribution in [0.15, 0.2) is 79.1 Å². The van der Waals surface area contributed by atoms with Gasteiger partial charge >= 0.3 is 0 Å². The zero-order valence-corrected chi connectivity index (χ0v) is 20.0. The molecule has 0 spiro atoms. The number of benzene rings is 3. The van der Waals surface area contributed by atoms with E-state index in [0.717, 1.165) is 28.2 Å². The molecule has 1 heterocycles. The number of nitrogens with zero attached hydrogens (tertiary/aromatic N) is 3. The van der Waals surface area contributed by atoms with E-state index < -0.39 is 0 Å². The van der Waals surface area contributed by atoms with Gasteiger partial charge < -0.3 is 26.6 Å². The first-order valence-electron chi connectivity index (χ1n) is 11.2. The molecule has 35 heavy (non-hydrogen) atoms. The van der Waals surface area contributed by atoms with Crippen molar-refractivity contribution in [3.8, 4) is 0 Å². The minimum atomic E-state index is -0.221. The van der Waals surface area contributed by atoms with Crippen LogP contribution in [0.25, 0.3) is 0 Å². The van der Waals surface area contributed by atoms with E-state index in [-0.39, 0.29) is 5.91 Å². The van der Waals surface area contributed by atoms with Crippen LogP contribution in [-0.4, -0.2) is 30.0 Å². The van der Waals surface area contributed by atoms with Crippen molar-refractivity contribution in [2.24, 2.45) is 0 Å². The number of hydrogen-bond acceptors (Lipinski definition) is 7. The second-order valence-electron chi connectivity index (χ2n) is 8.45. The number of aryl methyl sites for hydroxylation is 1. The zero-order chi connectivity index (χ0) is 24.8. The number of nitrogen functional groups attached to an aromatic ring is 1. The van der Waals surface area contributed by atoms with Crippen molar-refractivity contribution in [3.05, 3.63) is 95.8 Å². The first kappa shape index (κ1) is 23.6. The Labute approximate surface area is 205 Å². The molecule has 8 nitrogen and oxygen atoms in total. The number of rotatable bonds is 8. The van der Waals surface area contributed by atoms with Gasteiger partial charge in [0.25, 0.3) is 5.91 Å². The molecule has 0 saturated carbocycles. The number of nitrogens with one attached hydrogen (secondary N) is 3. The average molecular weight is 468 g/mol. The van der Waals surface area contributed by atoms with Crippen molar-refractivity contribution in [2.45, 2.75) is 13.5 Å². The Morgan fingerprint density at radius 3 is 2.43 bits per heavy atom. The highest BCUT2D eigenvalue weighted by Gasteiger charge is 2.11. The first-order chi connectivity index (χ1) is 16.9. The van der Waals surface area contributed by atoms with Gasteiger partial charge in [-0.2, -0.15) is 0 Å². The first-order valence-corrected chi connectivity index (χ1v) is 11.2. The molecule has 8 heteroatoms. The van der Waals surface area contributed by atoms with E-state index in [1.807, 2.05) is 57.4 Å². The maximum atomic E-state index is 13.0. The number of carbonyl (C=O) groups excluding carboxylic acids is 1. The van der Waals surface area contributed by atoms with Gasteiger partial charge in [0.05, 0.1) is 18.1 Å². The summed E-state index contributed by atoms with van der Waals surface area (Å²) in [7, 11) is 4.04. The average Bonchev–Trinajstić information content (AvgIpc) is 2.85. The molecule has 0 atom stereocenters. The molecule has 0 aliphatic heterocycles. The molecule has 178 valence electrons. The summed E-state index contributed by atoms with van der Waals surface area (Å²) in [4.78, 5) is 23.6. The van der Waals surface area contributed by atoms with Gasteiger partial charge in [0.2, 0.25) is 5.95 Å². The summed E-state index contributed by atoms with van der Waals surface area (Å²) in [6, 6.07) is 21.4. The number of amides is 1. The van der Waals surface area contributed by atoms with Gasteiger partial charge in [0.15, 0.2) is 0 Å². The number of hydrogen-bond donors (Lipinski definition) is 4. The van der Waals surface area contributed by atoms with Crippen molar-refractivity contribution in [1.82, 2.24) is 9.97 Å². The summed E-state index contributed by atoms with van der Waals surface area (Å²) in [5.41, 5.74) is 12.4. The fourth-order valence-electron chi connectivity index (χ4n) is 3.53. The summed E-state index contributed by atoms with van der Waals surface area (Å²) in [6.45, 7) is 2.56. The lowest BCUT2D eigenvalue weighted by Gasteiger charge is -2.15. The van der Waals surface area contributed by atoms with E-state index in [2.05, 4.69) is 49.0 Å². The van der Waals surface area contributed by atoms with Crippen molar-refractivity contribution in [3.63, 3.8) is 0 Å². The van der Waals surface area contributed by atoms with Crippen molar-refractivity contribution < 1.29 is 4.79 Å². The van der Waals surface area contributed by atoms with Crippen LogP contribution in [0.3, 0.4) is 0 Å². The normalized spacial score (nSPS) is 10.5. The van der Waals surface area contributed by atoms with Crippen LogP contribution in [0.4, 0.5) is 34.4 Å². The van der Waals surface area contributed by atoms with Gasteiger partial charge in [-0.15, -0.1) is 0 Å². The summed E-state index contributed by atoms with van der Waals surface area (Å²) >= 11 is 0. The van der Waals surface area contributed by atoms with Gasteiger partial charge in [-0.1, -0.05) is 24.3 Å². The van der Waals surface area contributed by atoms with Gasteiger partial charge in [-0.05, 0) is 60.5 Å². The van der Waals surface area contributed by atoms with E-state index in [1.165, 1.54) is 0 Å². The second-order valence-corrected chi connectivity index (χ2v) is 8.45. The molecule has 5 N–H and O–H groups in total. The molecular formula is C27H29N7O. The number of nitrogens with two attached hydrogens (primary N) is 1. The van der Waals surface area contributed by atoms with Crippen LogP contribution in [0.1, 0.15) is 21.5 Å². The highest BCUT2D eigenvalue weighted by molar-refractivity contribution is 6.05. The number of aromatic nitrogens is 2. The smallest absolute Gasteiger partial charge is 0.256 e. The van der Waals surface area contributed by atoms with Crippen LogP contribution in [0.2, 0.25) is 0 Å². The third kappa shape index (κ3) is 6.26. The molecule has 1 amide bonds. The third-order valence-electron chi connectivity index (χ3n) is 5.46. The Bertz CT molecular complexity index is 1320. The standard InChI is InChI=1S/C27H29N7O/c1-18-10-11-21(29-15-19-6-4-9-24(12-19)34(2)3)14-25(18)26(35)32-23-16-30-27(31-17-23)33-22-8-5-7-20(28)13-22/h4-14,16-17,29H,15,28H2,1-3H3,(H,32,35)(H,30,31,33). The highest BCUT2D eigenvalue weighted by Crippen LogP contribution is 2.20.